The number of carbonyl (C=O) groups excluding carboxylic acids is 2. The van der Waals surface area contributed by atoms with Crippen LogP contribution < -0.4 is 0 Å². The van der Waals surface area contributed by atoms with Crippen molar-refractivity contribution < 1.29 is 9.59 Å². The average Bonchev–Trinajstić information content (AvgIpc) is 2.45. The summed E-state index contributed by atoms with van der Waals surface area (Å²) in [5.41, 5.74) is 0. The van der Waals surface area contributed by atoms with Crippen LogP contribution in [0.4, 0.5) is 0 Å². The molecule has 0 aromatic heterocycles. The molecule has 4 nitrogen and oxygen atoms in total. The van der Waals surface area contributed by atoms with Gasteiger partial charge in [-0.05, 0) is 38.2 Å². The highest BCUT2D eigenvalue weighted by Gasteiger charge is 2.15. The molecule has 1 fully saturated rings. The molecule has 0 radical (unpaired) electrons. The molecule has 1 aliphatic rings. The van der Waals surface area contributed by atoms with Crippen LogP contribution in [0.1, 0.15) is 26.7 Å². The Morgan fingerprint density at radius 1 is 0.850 bits per heavy atom. The quantitative estimate of drug-likeness (QED) is 0.780. The molecule has 6 heteroatoms. The molecule has 1 saturated heterocycles. The predicted molar refractivity (Wildman–Crippen MR) is 88.4 cm³/mol. The van der Waals surface area contributed by atoms with E-state index >= 15 is 0 Å². The van der Waals surface area contributed by atoms with E-state index in [0.717, 1.165) is 50.5 Å². The van der Waals surface area contributed by atoms with Crippen molar-refractivity contribution in [3.8, 4) is 0 Å². The Bertz CT molecular complexity index is 286. The molecule has 1 rings (SSSR count). The summed E-state index contributed by atoms with van der Waals surface area (Å²) in [6, 6.07) is 0. The van der Waals surface area contributed by atoms with Crippen LogP contribution >= 0.6 is 23.5 Å². The summed E-state index contributed by atoms with van der Waals surface area (Å²) in [5, 5.41) is 0. The Balaban J connectivity index is 2.55. The lowest BCUT2D eigenvalue weighted by molar-refractivity contribution is -0.128. The van der Waals surface area contributed by atoms with E-state index in [4.69, 9.17) is 0 Å². The number of rotatable bonds is 2. The van der Waals surface area contributed by atoms with E-state index in [-0.39, 0.29) is 11.8 Å². The number of nitrogens with zero attached hydrogens (tertiary/aromatic N) is 2. The zero-order valence-electron chi connectivity index (χ0n) is 12.6. The molecule has 2 amide bonds. The van der Waals surface area contributed by atoms with E-state index in [2.05, 4.69) is 0 Å². The van der Waals surface area contributed by atoms with E-state index in [0.29, 0.717) is 11.5 Å². The molecule has 1 heterocycles. The topological polar surface area (TPSA) is 40.6 Å². The molecule has 20 heavy (non-hydrogen) atoms. The number of carbonyl (C=O) groups is 2. The van der Waals surface area contributed by atoms with Crippen LogP contribution in [0.5, 0.6) is 0 Å². The van der Waals surface area contributed by atoms with Crippen molar-refractivity contribution in [2.75, 3.05) is 49.2 Å². The highest BCUT2D eigenvalue weighted by molar-refractivity contribution is 8.00. The second-order valence-electron chi connectivity index (χ2n) is 4.76. The number of amides is 2. The summed E-state index contributed by atoms with van der Waals surface area (Å²) < 4.78 is 0. The predicted octanol–water partition coefficient (Wildman–Crippen LogP) is 1.94. The van der Waals surface area contributed by atoms with Gasteiger partial charge in [0.1, 0.15) is 0 Å². The molecule has 0 aliphatic carbocycles. The van der Waals surface area contributed by atoms with Crippen molar-refractivity contribution in [3.63, 3.8) is 0 Å². The van der Waals surface area contributed by atoms with E-state index in [1.165, 1.54) is 0 Å². The summed E-state index contributed by atoms with van der Waals surface area (Å²) in [6.45, 7) is 7.07. The van der Waals surface area contributed by atoms with Crippen LogP contribution in [0.15, 0.2) is 0 Å². The minimum Gasteiger partial charge on any atom is -0.342 e. The molecular weight excluding hydrogens is 292 g/mol. The average molecular weight is 319 g/mol. The third kappa shape index (κ3) is 6.39. The van der Waals surface area contributed by atoms with Gasteiger partial charge < -0.3 is 9.80 Å². The Labute approximate surface area is 131 Å². The summed E-state index contributed by atoms with van der Waals surface area (Å²) >= 11 is 3.43. The molecule has 0 atom stereocenters. The molecule has 0 aromatic carbocycles. The number of hydrogen-bond acceptors (Lipinski definition) is 4. The van der Waals surface area contributed by atoms with Crippen molar-refractivity contribution in [2.24, 2.45) is 0 Å². The van der Waals surface area contributed by atoms with Crippen LogP contribution in [0, 0.1) is 0 Å². The molecule has 1 aliphatic heterocycles. The first kappa shape index (κ1) is 17.7. The minimum absolute atomic E-state index is 0.233. The van der Waals surface area contributed by atoms with Crippen molar-refractivity contribution >= 4 is 35.3 Å². The van der Waals surface area contributed by atoms with Crippen LogP contribution in [0.25, 0.3) is 0 Å². The molecule has 0 N–H and O–H groups in total. The summed E-state index contributed by atoms with van der Waals surface area (Å²) in [6.07, 6.45) is 1.93. The van der Waals surface area contributed by atoms with Crippen molar-refractivity contribution in [1.29, 1.82) is 0 Å². The third-order valence-electron chi connectivity index (χ3n) is 3.35. The van der Waals surface area contributed by atoms with E-state index in [1.807, 2.05) is 23.6 Å². The van der Waals surface area contributed by atoms with Gasteiger partial charge in [0, 0.05) is 26.2 Å². The van der Waals surface area contributed by atoms with Gasteiger partial charge in [0.15, 0.2) is 0 Å². The number of hydrogen-bond donors (Lipinski definition) is 0. The van der Waals surface area contributed by atoms with Gasteiger partial charge in [-0.3, -0.25) is 9.59 Å². The van der Waals surface area contributed by atoms with Gasteiger partial charge in [0.05, 0.1) is 11.5 Å². The van der Waals surface area contributed by atoms with Gasteiger partial charge in [0.2, 0.25) is 11.8 Å². The van der Waals surface area contributed by atoms with Crippen LogP contribution in [-0.2, 0) is 9.59 Å². The fraction of sp³-hybridized carbons (Fsp3) is 0.857. The van der Waals surface area contributed by atoms with Gasteiger partial charge in [-0.2, -0.15) is 23.5 Å². The molecule has 0 saturated carbocycles. The van der Waals surface area contributed by atoms with Crippen molar-refractivity contribution in [2.45, 2.75) is 26.7 Å². The first-order chi connectivity index (χ1) is 9.69. The Morgan fingerprint density at radius 3 is 1.70 bits per heavy atom. The number of thioether (sulfide) groups is 2. The lowest BCUT2D eigenvalue weighted by atomic mass is 10.3. The van der Waals surface area contributed by atoms with E-state index in [1.54, 1.807) is 23.5 Å². The highest BCUT2D eigenvalue weighted by Crippen LogP contribution is 2.11. The minimum atomic E-state index is 0.233. The Morgan fingerprint density at radius 2 is 1.30 bits per heavy atom. The SMILES string of the molecule is CCN1CCCN(CC)C(=O)CSCCCSCC1=O. The van der Waals surface area contributed by atoms with Crippen LogP contribution in [0.3, 0.4) is 0 Å². The van der Waals surface area contributed by atoms with Gasteiger partial charge in [0.25, 0.3) is 0 Å². The van der Waals surface area contributed by atoms with E-state index in [9.17, 15) is 9.59 Å². The first-order valence-electron chi connectivity index (χ1n) is 7.40. The second kappa shape index (κ2) is 10.4. The van der Waals surface area contributed by atoms with Crippen molar-refractivity contribution in [3.05, 3.63) is 0 Å². The standard InChI is InChI=1S/C14H26N2O2S2/c1-3-15-7-5-8-16(4-2)14(18)12-20-10-6-9-19-11-13(15)17/h3-12H2,1-2H3. The van der Waals surface area contributed by atoms with Crippen LogP contribution in [0.2, 0.25) is 0 Å². The Kier molecular flexibility index (Phi) is 9.18. The maximum atomic E-state index is 12.0. The molecule has 0 bridgehead atoms. The van der Waals surface area contributed by atoms with Gasteiger partial charge in [-0.25, -0.2) is 0 Å². The summed E-state index contributed by atoms with van der Waals surface area (Å²) in [7, 11) is 0. The zero-order valence-corrected chi connectivity index (χ0v) is 14.2. The second-order valence-corrected chi connectivity index (χ2v) is 6.97. The highest BCUT2D eigenvalue weighted by atomic mass is 32.2. The maximum absolute atomic E-state index is 12.0. The monoisotopic (exact) mass is 318 g/mol. The van der Waals surface area contributed by atoms with Gasteiger partial charge in [-0.1, -0.05) is 0 Å². The van der Waals surface area contributed by atoms with Gasteiger partial charge >= 0.3 is 0 Å². The lowest BCUT2D eigenvalue weighted by Crippen LogP contribution is -2.38. The van der Waals surface area contributed by atoms with Crippen molar-refractivity contribution in [1.82, 2.24) is 9.80 Å². The third-order valence-corrected chi connectivity index (χ3v) is 5.41. The summed E-state index contributed by atoms with van der Waals surface area (Å²) in [5.74, 6) is 3.65. The maximum Gasteiger partial charge on any atom is 0.232 e. The van der Waals surface area contributed by atoms with Gasteiger partial charge in [-0.15, -0.1) is 0 Å². The lowest BCUT2D eigenvalue weighted by Gasteiger charge is -2.25. The smallest absolute Gasteiger partial charge is 0.232 e. The largest absolute Gasteiger partial charge is 0.342 e. The normalized spacial score (nSPS) is 20.9. The molecule has 116 valence electrons. The van der Waals surface area contributed by atoms with E-state index < -0.39 is 0 Å². The molecule has 0 unspecified atom stereocenters. The summed E-state index contributed by atoms with van der Waals surface area (Å²) in [4.78, 5) is 27.9. The first-order valence-corrected chi connectivity index (χ1v) is 9.71. The Hall–Kier alpha value is -0.360. The van der Waals surface area contributed by atoms with Crippen LogP contribution in [-0.4, -0.2) is 70.8 Å². The molecular formula is C14H26N2O2S2. The molecule has 0 aromatic rings. The fourth-order valence-electron chi connectivity index (χ4n) is 2.14. The zero-order chi connectivity index (χ0) is 14.8. The molecule has 0 spiro atoms. The fourth-order valence-corrected chi connectivity index (χ4v) is 4.02.